The van der Waals surface area contributed by atoms with Crippen molar-refractivity contribution in [2.75, 3.05) is 11.4 Å². The Bertz CT molecular complexity index is 542. The highest BCUT2D eigenvalue weighted by Gasteiger charge is 2.37. The zero-order valence-corrected chi connectivity index (χ0v) is 11.9. The van der Waals surface area contributed by atoms with Crippen LogP contribution >= 0.6 is 0 Å². The first-order valence-electron chi connectivity index (χ1n) is 6.93. The van der Waals surface area contributed by atoms with E-state index in [0.29, 0.717) is 12.5 Å². The maximum atomic E-state index is 13.3. The lowest BCUT2D eigenvalue weighted by atomic mass is 9.91. The summed E-state index contributed by atoms with van der Waals surface area (Å²) >= 11 is 0. The molecular weight excluding hydrogens is 283 g/mol. The van der Waals surface area contributed by atoms with Crippen molar-refractivity contribution in [3.05, 3.63) is 29.3 Å². The molecule has 2 atom stereocenters. The average molecular weight is 301 g/mol. The molecule has 6 heteroatoms. The quantitative estimate of drug-likeness (QED) is 0.896. The van der Waals surface area contributed by atoms with Crippen LogP contribution in [0.3, 0.4) is 0 Å². The minimum Gasteiger partial charge on any atom is -0.478 e. The van der Waals surface area contributed by atoms with Crippen LogP contribution in [-0.4, -0.2) is 23.7 Å². The van der Waals surface area contributed by atoms with Gasteiger partial charge < -0.3 is 10.0 Å². The van der Waals surface area contributed by atoms with E-state index < -0.39 is 17.7 Å². The molecule has 0 aromatic heterocycles. The number of rotatable bonds is 2. The third-order valence-corrected chi connectivity index (χ3v) is 4.23. The SMILES string of the molecule is CC1CCCN(c2ccc(C(=O)O)cc2C(F)(F)F)C1C. The summed E-state index contributed by atoms with van der Waals surface area (Å²) in [4.78, 5) is 12.6. The fraction of sp³-hybridized carbons (Fsp3) is 0.533. The van der Waals surface area contributed by atoms with Crippen molar-refractivity contribution in [1.82, 2.24) is 0 Å². The van der Waals surface area contributed by atoms with Gasteiger partial charge in [0, 0.05) is 18.3 Å². The highest BCUT2D eigenvalue weighted by atomic mass is 19.4. The molecule has 1 fully saturated rings. The van der Waals surface area contributed by atoms with Gasteiger partial charge >= 0.3 is 12.1 Å². The Labute approximate surface area is 121 Å². The molecule has 1 saturated heterocycles. The number of hydrogen-bond acceptors (Lipinski definition) is 2. The van der Waals surface area contributed by atoms with Crippen LogP contribution in [0.5, 0.6) is 0 Å². The highest BCUT2D eigenvalue weighted by molar-refractivity contribution is 5.88. The number of carbonyl (C=O) groups is 1. The van der Waals surface area contributed by atoms with Gasteiger partial charge in [0.15, 0.2) is 0 Å². The van der Waals surface area contributed by atoms with Crippen molar-refractivity contribution >= 4 is 11.7 Å². The van der Waals surface area contributed by atoms with E-state index in [1.165, 1.54) is 12.1 Å². The van der Waals surface area contributed by atoms with Crippen LogP contribution in [0.25, 0.3) is 0 Å². The van der Waals surface area contributed by atoms with Crippen molar-refractivity contribution in [3.8, 4) is 0 Å². The molecule has 2 unspecified atom stereocenters. The number of nitrogens with zero attached hydrogens (tertiary/aromatic N) is 1. The molecule has 0 aliphatic carbocycles. The molecular formula is C15H18F3NO2. The highest BCUT2D eigenvalue weighted by Crippen LogP contribution is 2.40. The molecule has 0 amide bonds. The summed E-state index contributed by atoms with van der Waals surface area (Å²) in [6.45, 7) is 4.49. The Kier molecular flexibility index (Phi) is 4.16. The van der Waals surface area contributed by atoms with Crippen molar-refractivity contribution < 1.29 is 23.1 Å². The summed E-state index contributed by atoms with van der Waals surface area (Å²) in [6, 6.07) is 3.24. The van der Waals surface area contributed by atoms with Gasteiger partial charge in [-0.1, -0.05) is 6.92 Å². The fourth-order valence-corrected chi connectivity index (χ4v) is 2.82. The number of benzene rings is 1. The van der Waals surface area contributed by atoms with Gasteiger partial charge in [-0.2, -0.15) is 13.2 Å². The first kappa shape index (κ1) is 15.7. The van der Waals surface area contributed by atoms with Gasteiger partial charge in [0.05, 0.1) is 11.1 Å². The lowest BCUT2D eigenvalue weighted by Gasteiger charge is -2.40. The predicted molar refractivity (Wildman–Crippen MR) is 73.6 cm³/mol. The van der Waals surface area contributed by atoms with Crippen molar-refractivity contribution in [1.29, 1.82) is 0 Å². The molecule has 3 nitrogen and oxygen atoms in total. The molecule has 2 rings (SSSR count). The zero-order valence-electron chi connectivity index (χ0n) is 11.9. The maximum Gasteiger partial charge on any atom is 0.418 e. The molecule has 0 saturated carbocycles. The van der Waals surface area contributed by atoms with Crippen molar-refractivity contribution in [2.24, 2.45) is 5.92 Å². The minimum atomic E-state index is -4.57. The number of aromatic carboxylic acids is 1. The fourth-order valence-electron chi connectivity index (χ4n) is 2.82. The van der Waals surface area contributed by atoms with Crippen molar-refractivity contribution in [3.63, 3.8) is 0 Å². The van der Waals surface area contributed by atoms with E-state index in [-0.39, 0.29) is 17.3 Å². The van der Waals surface area contributed by atoms with Gasteiger partial charge in [-0.25, -0.2) is 4.79 Å². The lowest BCUT2D eigenvalue weighted by molar-refractivity contribution is -0.137. The molecule has 1 N–H and O–H groups in total. The minimum absolute atomic E-state index is 0.00414. The summed E-state index contributed by atoms with van der Waals surface area (Å²) in [5.41, 5.74) is -1.14. The summed E-state index contributed by atoms with van der Waals surface area (Å²) < 4.78 is 39.8. The molecule has 1 aliphatic heterocycles. The second kappa shape index (κ2) is 5.58. The average Bonchev–Trinajstić information content (AvgIpc) is 2.40. The van der Waals surface area contributed by atoms with Gasteiger partial charge in [-0.05, 0) is 43.9 Å². The summed E-state index contributed by atoms with van der Waals surface area (Å²) in [7, 11) is 0. The van der Waals surface area contributed by atoms with Crippen LogP contribution in [0.15, 0.2) is 18.2 Å². The summed E-state index contributed by atoms with van der Waals surface area (Å²) in [5.74, 6) is -1.05. The molecule has 1 aromatic rings. The monoisotopic (exact) mass is 301 g/mol. The van der Waals surface area contributed by atoms with E-state index in [2.05, 4.69) is 0 Å². The molecule has 1 heterocycles. The molecule has 0 bridgehead atoms. The van der Waals surface area contributed by atoms with Gasteiger partial charge in [0.1, 0.15) is 0 Å². The standard InChI is InChI=1S/C15H18F3NO2/c1-9-4-3-7-19(10(9)2)13-6-5-11(14(20)21)8-12(13)15(16,17)18/h5-6,8-10H,3-4,7H2,1-2H3,(H,20,21). The first-order valence-corrected chi connectivity index (χ1v) is 6.93. The third-order valence-electron chi connectivity index (χ3n) is 4.23. The van der Waals surface area contributed by atoms with Gasteiger partial charge in [-0.15, -0.1) is 0 Å². The van der Waals surface area contributed by atoms with Crippen LogP contribution < -0.4 is 4.90 Å². The number of carboxylic acid groups (broad SMARTS) is 1. The Hall–Kier alpha value is -1.72. The molecule has 116 valence electrons. The number of hydrogen-bond donors (Lipinski definition) is 1. The normalized spacial score (nSPS) is 23.2. The Morgan fingerprint density at radius 3 is 2.57 bits per heavy atom. The van der Waals surface area contributed by atoms with Gasteiger partial charge in [0.25, 0.3) is 0 Å². The van der Waals surface area contributed by atoms with Crippen LogP contribution in [0, 0.1) is 5.92 Å². The summed E-state index contributed by atoms with van der Waals surface area (Å²) in [6.07, 6.45) is -2.74. The smallest absolute Gasteiger partial charge is 0.418 e. The van der Waals surface area contributed by atoms with Crippen LogP contribution in [0.1, 0.15) is 42.6 Å². The van der Waals surface area contributed by atoms with E-state index >= 15 is 0 Å². The van der Waals surface area contributed by atoms with Gasteiger partial charge in [-0.3, -0.25) is 0 Å². The van der Waals surface area contributed by atoms with Crippen LogP contribution in [0.2, 0.25) is 0 Å². The maximum absolute atomic E-state index is 13.3. The lowest BCUT2D eigenvalue weighted by Crippen LogP contribution is -2.43. The topological polar surface area (TPSA) is 40.5 Å². The Morgan fingerprint density at radius 2 is 2.00 bits per heavy atom. The second-order valence-electron chi connectivity index (χ2n) is 5.59. The summed E-state index contributed by atoms with van der Waals surface area (Å²) in [5, 5.41) is 8.89. The first-order chi connectivity index (χ1) is 9.71. The van der Waals surface area contributed by atoms with E-state index in [9.17, 15) is 18.0 Å². The molecule has 1 aromatic carbocycles. The van der Waals surface area contributed by atoms with E-state index in [1.54, 1.807) is 4.90 Å². The van der Waals surface area contributed by atoms with Crippen LogP contribution in [0.4, 0.5) is 18.9 Å². The van der Waals surface area contributed by atoms with E-state index in [4.69, 9.17) is 5.11 Å². The molecule has 21 heavy (non-hydrogen) atoms. The van der Waals surface area contributed by atoms with E-state index in [1.807, 2.05) is 13.8 Å². The number of alkyl halides is 3. The van der Waals surface area contributed by atoms with Crippen molar-refractivity contribution in [2.45, 2.75) is 38.9 Å². The molecule has 1 aliphatic rings. The Balaban J connectivity index is 2.50. The number of carboxylic acids is 1. The molecule has 0 spiro atoms. The third kappa shape index (κ3) is 3.14. The van der Waals surface area contributed by atoms with Gasteiger partial charge in [0.2, 0.25) is 0 Å². The Morgan fingerprint density at radius 1 is 1.33 bits per heavy atom. The second-order valence-corrected chi connectivity index (χ2v) is 5.59. The van der Waals surface area contributed by atoms with E-state index in [0.717, 1.165) is 18.9 Å². The molecule has 0 radical (unpaired) electrons. The predicted octanol–water partition coefficient (Wildman–Crippen LogP) is 4.03. The zero-order chi connectivity index (χ0) is 15.8. The van der Waals surface area contributed by atoms with Crippen LogP contribution in [-0.2, 0) is 6.18 Å². The number of piperidine rings is 1. The largest absolute Gasteiger partial charge is 0.478 e. The number of anilines is 1. The number of halogens is 3.